The van der Waals surface area contributed by atoms with Gasteiger partial charge in [0.2, 0.25) is 0 Å². The molecule has 0 radical (unpaired) electrons. The molecule has 0 aromatic rings. The monoisotopic (exact) mass is 227 g/mol. The van der Waals surface area contributed by atoms with Gasteiger partial charge >= 0.3 is 0 Å². The van der Waals surface area contributed by atoms with E-state index in [-0.39, 0.29) is 5.41 Å². The van der Waals surface area contributed by atoms with Crippen LogP contribution in [0.3, 0.4) is 0 Å². The van der Waals surface area contributed by atoms with Crippen molar-refractivity contribution in [2.45, 2.75) is 26.2 Å². The van der Waals surface area contributed by atoms with Gasteiger partial charge in [0.05, 0.1) is 38.9 Å². The molecular formula is C12H21NO3. The normalized spacial score (nSPS) is 17.8. The number of ether oxygens (including phenoxy) is 3. The molecule has 0 amide bonds. The van der Waals surface area contributed by atoms with Gasteiger partial charge in [-0.05, 0) is 12.8 Å². The molecule has 0 bridgehead atoms. The van der Waals surface area contributed by atoms with Gasteiger partial charge in [0, 0.05) is 18.6 Å². The predicted octanol–water partition coefficient (Wildman–Crippen LogP) is 1.75. The Labute approximate surface area is 97.5 Å². The number of rotatable bonds is 9. The molecular weight excluding hydrogens is 206 g/mol. The highest BCUT2D eigenvalue weighted by Gasteiger charge is 2.33. The SMILES string of the molecule is CC1(COCCCCOCCC#N)COC1. The third-order valence-electron chi connectivity index (χ3n) is 2.54. The van der Waals surface area contributed by atoms with Crippen molar-refractivity contribution in [3.63, 3.8) is 0 Å². The van der Waals surface area contributed by atoms with Gasteiger partial charge in [-0.1, -0.05) is 6.92 Å². The van der Waals surface area contributed by atoms with Gasteiger partial charge in [-0.3, -0.25) is 0 Å². The first-order chi connectivity index (χ1) is 7.77. The Morgan fingerprint density at radius 2 is 1.88 bits per heavy atom. The Morgan fingerprint density at radius 1 is 1.19 bits per heavy atom. The fraction of sp³-hybridized carbons (Fsp3) is 0.917. The van der Waals surface area contributed by atoms with Crippen LogP contribution < -0.4 is 0 Å². The van der Waals surface area contributed by atoms with Crippen LogP contribution in [0.25, 0.3) is 0 Å². The molecule has 1 saturated heterocycles. The molecule has 1 rings (SSSR count). The number of hydrogen-bond acceptors (Lipinski definition) is 4. The van der Waals surface area contributed by atoms with Crippen molar-refractivity contribution in [2.75, 3.05) is 39.6 Å². The lowest BCUT2D eigenvalue weighted by atomic mass is 9.90. The first kappa shape index (κ1) is 13.4. The van der Waals surface area contributed by atoms with E-state index in [9.17, 15) is 0 Å². The van der Waals surface area contributed by atoms with Crippen molar-refractivity contribution in [3.8, 4) is 6.07 Å². The second-order valence-electron chi connectivity index (χ2n) is 4.58. The lowest BCUT2D eigenvalue weighted by molar-refractivity contribution is -0.138. The highest BCUT2D eigenvalue weighted by molar-refractivity contribution is 4.79. The third kappa shape index (κ3) is 5.45. The molecule has 0 spiro atoms. The van der Waals surface area contributed by atoms with Crippen molar-refractivity contribution < 1.29 is 14.2 Å². The molecule has 4 nitrogen and oxygen atoms in total. The van der Waals surface area contributed by atoms with E-state index in [1.807, 2.05) is 6.07 Å². The number of nitriles is 1. The van der Waals surface area contributed by atoms with E-state index in [0.29, 0.717) is 13.0 Å². The molecule has 0 unspecified atom stereocenters. The fourth-order valence-corrected chi connectivity index (χ4v) is 1.48. The minimum Gasteiger partial charge on any atom is -0.381 e. The summed E-state index contributed by atoms with van der Waals surface area (Å²) in [7, 11) is 0. The van der Waals surface area contributed by atoms with Crippen molar-refractivity contribution >= 4 is 0 Å². The number of unbranched alkanes of at least 4 members (excludes halogenated alkanes) is 1. The van der Waals surface area contributed by atoms with E-state index < -0.39 is 0 Å². The Balaban J connectivity index is 1.76. The summed E-state index contributed by atoms with van der Waals surface area (Å²) in [6.45, 7) is 6.69. The Hall–Kier alpha value is -0.630. The van der Waals surface area contributed by atoms with Crippen molar-refractivity contribution in [3.05, 3.63) is 0 Å². The molecule has 1 aliphatic rings. The smallest absolute Gasteiger partial charge is 0.0645 e. The van der Waals surface area contributed by atoms with Gasteiger partial charge in [0.25, 0.3) is 0 Å². The summed E-state index contributed by atoms with van der Waals surface area (Å²) in [5.74, 6) is 0. The van der Waals surface area contributed by atoms with Crippen molar-refractivity contribution in [2.24, 2.45) is 5.41 Å². The van der Waals surface area contributed by atoms with Gasteiger partial charge in [-0.2, -0.15) is 5.26 Å². The van der Waals surface area contributed by atoms with Crippen LogP contribution in [0.15, 0.2) is 0 Å². The molecule has 0 N–H and O–H groups in total. The average Bonchev–Trinajstić information content (AvgIpc) is 2.24. The molecule has 1 heterocycles. The highest BCUT2D eigenvalue weighted by Crippen LogP contribution is 2.26. The van der Waals surface area contributed by atoms with Gasteiger partial charge in [0.1, 0.15) is 0 Å². The first-order valence-corrected chi connectivity index (χ1v) is 5.87. The summed E-state index contributed by atoms with van der Waals surface area (Å²) < 4.78 is 16.0. The molecule has 0 saturated carbocycles. The summed E-state index contributed by atoms with van der Waals surface area (Å²) in [4.78, 5) is 0. The average molecular weight is 227 g/mol. The summed E-state index contributed by atoms with van der Waals surface area (Å²) in [5.41, 5.74) is 0.253. The summed E-state index contributed by atoms with van der Waals surface area (Å²) in [5, 5.41) is 8.28. The third-order valence-corrected chi connectivity index (χ3v) is 2.54. The summed E-state index contributed by atoms with van der Waals surface area (Å²) >= 11 is 0. The molecule has 0 aromatic carbocycles. The van der Waals surface area contributed by atoms with E-state index in [2.05, 4.69) is 6.92 Å². The zero-order valence-corrected chi connectivity index (χ0v) is 10.0. The maximum atomic E-state index is 8.28. The maximum absolute atomic E-state index is 8.28. The second-order valence-corrected chi connectivity index (χ2v) is 4.58. The van der Waals surface area contributed by atoms with Crippen LogP contribution >= 0.6 is 0 Å². The van der Waals surface area contributed by atoms with Gasteiger partial charge in [0.15, 0.2) is 0 Å². The quantitative estimate of drug-likeness (QED) is 0.563. The molecule has 0 atom stereocenters. The standard InChI is InChI=1S/C12H21NO3/c1-12(10-16-11-12)9-15-7-3-2-6-14-8-4-5-13/h2-4,6-11H2,1H3. The topological polar surface area (TPSA) is 51.5 Å². The summed E-state index contributed by atoms with van der Waals surface area (Å²) in [6, 6.07) is 2.05. The van der Waals surface area contributed by atoms with Crippen LogP contribution in [-0.2, 0) is 14.2 Å². The Bertz CT molecular complexity index is 221. The second kappa shape index (κ2) is 7.61. The van der Waals surface area contributed by atoms with E-state index >= 15 is 0 Å². The van der Waals surface area contributed by atoms with Crippen LogP contribution in [0.4, 0.5) is 0 Å². The van der Waals surface area contributed by atoms with Crippen LogP contribution in [0.2, 0.25) is 0 Å². The zero-order chi connectivity index (χ0) is 11.7. The number of hydrogen-bond donors (Lipinski definition) is 0. The molecule has 92 valence electrons. The molecule has 0 aliphatic carbocycles. The molecule has 1 aliphatic heterocycles. The minimum absolute atomic E-state index is 0.253. The largest absolute Gasteiger partial charge is 0.381 e. The Morgan fingerprint density at radius 3 is 2.44 bits per heavy atom. The lowest BCUT2D eigenvalue weighted by Crippen LogP contribution is -2.43. The fourth-order valence-electron chi connectivity index (χ4n) is 1.48. The van der Waals surface area contributed by atoms with Crippen LogP contribution in [0.5, 0.6) is 0 Å². The Kier molecular flexibility index (Phi) is 6.39. The minimum atomic E-state index is 0.253. The lowest BCUT2D eigenvalue weighted by Gasteiger charge is -2.37. The predicted molar refractivity (Wildman–Crippen MR) is 60.0 cm³/mol. The molecule has 16 heavy (non-hydrogen) atoms. The van der Waals surface area contributed by atoms with Gasteiger partial charge in [-0.15, -0.1) is 0 Å². The van der Waals surface area contributed by atoms with Crippen LogP contribution in [-0.4, -0.2) is 39.6 Å². The van der Waals surface area contributed by atoms with E-state index in [1.54, 1.807) is 0 Å². The first-order valence-electron chi connectivity index (χ1n) is 5.87. The number of nitrogens with zero attached hydrogens (tertiary/aromatic N) is 1. The summed E-state index contributed by atoms with van der Waals surface area (Å²) in [6.07, 6.45) is 2.50. The molecule has 0 aromatic heterocycles. The van der Waals surface area contributed by atoms with Gasteiger partial charge < -0.3 is 14.2 Å². The molecule has 4 heteroatoms. The van der Waals surface area contributed by atoms with E-state index in [4.69, 9.17) is 19.5 Å². The van der Waals surface area contributed by atoms with Crippen LogP contribution in [0.1, 0.15) is 26.2 Å². The van der Waals surface area contributed by atoms with Gasteiger partial charge in [-0.25, -0.2) is 0 Å². The highest BCUT2D eigenvalue weighted by atomic mass is 16.5. The van der Waals surface area contributed by atoms with Crippen molar-refractivity contribution in [1.82, 2.24) is 0 Å². The zero-order valence-electron chi connectivity index (χ0n) is 10.0. The molecule has 1 fully saturated rings. The van der Waals surface area contributed by atoms with Crippen molar-refractivity contribution in [1.29, 1.82) is 5.26 Å². The van der Waals surface area contributed by atoms with E-state index in [1.165, 1.54) is 0 Å². The maximum Gasteiger partial charge on any atom is 0.0645 e. The van der Waals surface area contributed by atoms with Crippen LogP contribution in [0, 0.1) is 16.7 Å². The van der Waals surface area contributed by atoms with E-state index in [0.717, 1.165) is 45.9 Å².